The van der Waals surface area contributed by atoms with Crippen LogP contribution in [0.25, 0.3) is 68.7 Å². The van der Waals surface area contributed by atoms with Crippen LogP contribution in [-0.4, -0.2) is 19.1 Å². The summed E-state index contributed by atoms with van der Waals surface area (Å²) in [6.07, 6.45) is 0. The first-order valence-corrected chi connectivity index (χ1v) is 18.4. The molecule has 0 amide bonds. The van der Waals surface area contributed by atoms with Gasteiger partial charge >= 0.3 is 286 Å². The van der Waals surface area contributed by atoms with Crippen molar-refractivity contribution in [3.63, 3.8) is 0 Å². The quantitative estimate of drug-likeness (QED) is 0.163. The van der Waals surface area contributed by atoms with Crippen molar-refractivity contribution < 1.29 is 0 Å². The number of anilines is 3. The van der Waals surface area contributed by atoms with E-state index in [0.29, 0.717) is 0 Å². The van der Waals surface area contributed by atoms with Crippen LogP contribution in [0.4, 0.5) is 17.1 Å². The molecule has 0 aliphatic heterocycles. The Morgan fingerprint density at radius 2 is 1.08 bits per heavy atom. The van der Waals surface area contributed by atoms with Gasteiger partial charge in [0, 0.05) is 0 Å². The molecule has 2 aromatic heterocycles. The average Bonchev–Trinajstić information content (AvgIpc) is 3.70. The maximum atomic E-state index is 2.47. The summed E-state index contributed by atoms with van der Waals surface area (Å²) < 4.78 is 5.28. The third-order valence-corrected chi connectivity index (χ3v) is 12.1. The second-order valence-corrected chi connectivity index (χ2v) is 14.9. The maximum absolute atomic E-state index is 2.47. The number of para-hydroxylation sites is 3. The molecule has 0 bridgehead atoms. The standard InChI is InChI=1S/C46H30N2Se/c1-2-14-34(15-3-1)48-43-20-10-7-17-38(43)41-29-35(25-27-44(41)48)47(36-24-26-40-39-18-8-11-21-45(39)49-46(40)30-36)42-19-9-6-16-37(42)33-23-22-31-12-4-5-13-32(31)28-33/h1-30H. The normalized spacial score (nSPS) is 11.7. The molecule has 3 heteroatoms. The summed E-state index contributed by atoms with van der Waals surface area (Å²) in [5, 5.41) is 7.73. The van der Waals surface area contributed by atoms with Gasteiger partial charge in [0.1, 0.15) is 0 Å². The Bertz CT molecular complexity index is 2840. The molecule has 2 heterocycles. The van der Waals surface area contributed by atoms with E-state index in [4.69, 9.17) is 0 Å². The van der Waals surface area contributed by atoms with Crippen LogP contribution in [0.1, 0.15) is 0 Å². The molecule has 230 valence electrons. The Hall–Kier alpha value is -5.86. The second-order valence-electron chi connectivity index (χ2n) is 12.6. The Kier molecular flexibility index (Phi) is 6.55. The van der Waals surface area contributed by atoms with Gasteiger partial charge in [-0.25, -0.2) is 0 Å². The van der Waals surface area contributed by atoms with Gasteiger partial charge in [0.15, 0.2) is 0 Å². The number of aromatic nitrogens is 1. The van der Waals surface area contributed by atoms with Crippen molar-refractivity contribution in [2.24, 2.45) is 0 Å². The summed E-state index contributed by atoms with van der Waals surface area (Å²) in [5.41, 5.74) is 9.46. The van der Waals surface area contributed by atoms with Crippen molar-refractivity contribution >= 4 is 83.4 Å². The van der Waals surface area contributed by atoms with Crippen LogP contribution in [0.15, 0.2) is 182 Å². The van der Waals surface area contributed by atoms with Crippen LogP contribution >= 0.6 is 0 Å². The van der Waals surface area contributed by atoms with E-state index in [1.807, 2.05) is 0 Å². The fourth-order valence-corrected chi connectivity index (χ4v) is 9.90. The van der Waals surface area contributed by atoms with E-state index in [2.05, 4.69) is 191 Å². The summed E-state index contributed by atoms with van der Waals surface area (Å²) in [4.78, 5) is 2.47. The van der Waals surface area contributed by atoms with Crippen molar-refractivity contribution in [2.75, 3.05) is 4.90 Å². The summed E-state index contributed by atoms with van der Waals surface area (Å²) in [6, 6.07) is 66.7. The van der Waals surface area contributed by atoms with E-state index in [0.717, 1.165) is 11.4 Å². The van der Waals surface area contributed by atoms with Crippen molar-refractivity contribution in [3.8, 4) is 16.8 Å². The van der Waals surface area contributed by atoms with E-state index >= 15 is 0 Å². The molecule has 0 spiro atoms. The van der Waals surface area contributed by atoms with Crippen molar-refractivity contribution in [2.45, 2.75) is 0 Å². The van der Waals surface area contributed by atoms with Gasteiger partial charge in [-0.15, -0.1) is 0 Å². The first-order valence-electron chi connectivity index (χ1n) is 16.7. The van der Waals surface area contributed by atoms with Gasteiger partial charge in [-0.05, 0) is 0 Å². The molecule has 0 atom stereocenters. The van der Waals surface area contributed by atoms with Crippen LogP contribution in [0.2, 0.25) is 0 Å². The molecular weight excluding hydrogens is 659 g/mol. The molecule has 0 unspecified atom stereocenters. The second kappa shape index (κ2) is 11.4. The minimum absolute atomic E-state index is 0.262. The van der Waals surface area contributed by atoms with Gasteiger partial charge in [0.05, 0.1) is 0 Å². The van der Waals surface area contributed by atoms with E-state index in [1.165, 1.54) is 74.4 Å². The fraction of sp³-hybridized carbons (Fsp3) is 0. The van der Waals surface area contributed by atoms with Crippen LogP contribution in [-0.2, 0) is 0 Å². The van der Waals surface area contributed by atoms with E-state index in [9.17, 15) is 0 Å². The first-order chi connectivity index (χ1) is 24.3. The van der Waals surface area contributed by atoms with E-state index in [-0.39, 0.29) is 14.5 Å². The number of nitrogens with zero attached hydrogens (tertiary/aromatic N) is 2. The van der Waals surface area contributed by atoms with Crippen LogP contribution < -0.4 is 4.90 Å². The van der Waals surface area contributed by atoms with E-state index in [1.54, 1.807) is 0 Å². The van der Waals surface area contributed by atoms with Crippen molar-refractivity contribution in [3.05, 3.63) is 182 Å². The first kappa shape index (κ1) is 28.2. The molecule has 49 heavy (non-hydrogen) atoms. The number of rotatable bonds is 5. The molecular formula is C46H30N2Se. The van der Waals surface area contributed by atoms with Gasteiger partial charge in [-0.3, -0.25) is 0 Å². The third-order valence-electron chi connectivity index (χ3n) is 9.75. The zero-order valence-electron chi connectivity index (χ0n) is 26.6. The van der Waals surface area contributed by atoms with Gasteiger partial charge in [0.25, 0.3) is 0 Å². The molecule has 2 nitrogen and oxygen atoms in total. The van der Waals surface area contributed by atoms with Crippen LogP contribution in [0, 0.1) is 0 Å². The van der Waals surface area contributed by atoms with Crippen LogP contribution in [0.3, 0.4) is 0 Å². The molecule has 0 saturated carbocycles. The number of benzene rings is 8. The Balaban J connectivity index is 1.23. The summed E-state index contributed by atoms with van der Waals surface area (Å²) >= 11 is 0.262. The molecule has 0 radical (unpaired) electrons. The molecule has 0 fully saturated rings. The number of hydrogen-bond acceptors (Lipinski definition) is 1. The molecule has 8 aromatic carbocycles. The predicted molar refractivity (Wildman–Crippen MR) is 210 cm³/mol. The zero-order chi connectivity index (χ0) is 32.3. The molecule has 10 rings (SSSR count). The van der Waals surface area contributed by atoms with Gasteiger partial charge in [-0.2, -0.15) is 0 Å². The molecule has 0 aliphatic carbocycles. The van der Waals surface area contributed by atoms with E-state index < -0.39 is 0 Å². The summed E-state index contributed by atoms with van der Waals surface area (Å²) in [6.45, 7) is 0. The zero-order valence-corrected chi connectivity index (χ0v) is 28.3. The predicted octanol–water partition coefficient (Wildman–Crippen LogP) is 12.4. The molecule has 0 N–H and O–H groups in total. The van der Waals surface area contributed by atoms with Gasteiger partial charge in [-0.1, -0.05) is 6.07 Å². The number of fused-ring (bicyclic) bond motifs is 7. The molecule has 10 aromatic rings. The van der Waals surface area contributed by atoms with Gasteiger partial charge < -0.3 is 0 Å². The van der Waals surface area contributed by atoms with Crippen molar-refractivity contribution in [1.82, 2.24) is 4.57 Å². The Morgan fingerprint density at radius 3 is 2.00 bits per heavy atom. The van der Waals surface area contributed by atoms with Crippen LogP contribution in [0.5, 0.6) is 0 Å². The third kappa shape index (κ3) is 4.63. The SMILES string of the molecule is c1ccc(-n2c3ccccc3c3cc(N(c4ccc5c(c4)[se]c4ccccc45)c4ccccc4-c4ccc5ccccc5c4)ccc32)cc1. The molecule has 0 saturated heterocycles. The average molecular weight is 690 g/mol. The minimum atomic E-state index is 0.262. The van der Waals surface area contributed by atoms with Crippen molar-refractivity contribution in [1.29, 1.82) is 0 Å². The fourth-order valence-electron chi connectivity index (χ4n) is 7.51. The monoisotopic (exact) mass is 690 g/mol. The topological polar surface area (TPSA) is 8.17 Å². The Morgan fingerprint density at radius 1 is 0.408 bits per heavy atom. The Labute approximate surface area is 290 Å². The summed E-state index contributed by atoms with van der Waals surface area (Å²) in [7, 11) is 0. The molecule has 0 aliphatic rings. The number of hydrogen-bond donors (Lipinski definition) is 0. The summed E-state index contributed by atoms with van der Waals surface area (Å²) in [5.74, 6) is 0. The van der Waals surface area contributed by atoms with Gasteiger partial charge in [0.2, 0.25) is 0 Å².